The highest BCUT2D eigenvalue weighted by Gasteiger charge is 2.31. The van der Waals surface area contributed by atoms with Crippen LogP contribution < -0.4 is 0 Å². The molecule has 0 radical (unpaired) electrons. The van der Waals surface area contributed by atoms with Gasteiger partial charge in [0, 0.05) is 32.3 Å². The molecule has 0 heterocycles. The first-order valence-electron chi connectivity index (χ1n) is 6.28. The topological polar surface area (TPSA) is 51.2 Å². The molecule has 0 fully saturated rings. The van der Waals surface area contributed by atoms with E-state index < -0.39 is 0 Å². The Hall–Kier alpha value is -2.33. The molecule has 0 saturated carbocycles. The lowest BCUT2D eigenvalue weighted by molar-refractivity contribution is -0.104. The monoisotopic (exact) mass is 340 g/mol. The molecule has 0 unspecified atom stereocenters. The van der Waals surface area contributed by atoms with Gasteiger partial charge in [-0.1, -0.05) is 58.4 Å². The Morgan fingerprint density at radius 2 is 1.48 bits per heavy atom. The number of halogens is 1. The molecule has 4 heteroatoms. The van der Waals surface area contributed by atoms with Gasteiger partial charge in [-0.2, -0.15) is 0 Å². The third-order valence-corrected chi connectivity index (χ3v) is 4.12. The van der Waals surface area contributed by atoms with Gasteiger partial charge in [0.25, 0.3) is 0 Å². The number of aldehydes is 1. The molecule has 0 amide bonds. The maximum absolute atomic E-state index is 12.7. The molecule has 2 aromatic carbocycles. The molecule has 0 aliphatic heterocycles. The molecule has 0 N–H and O–H groups in total. The predicted octanol–water partition coefficient (Wildman–Crippen LogP) is 3.40. The smallest absolute Gasteiger partial charge is 0.195 e. The van der Waals surface area contributed by atoms with E-state index >= 15 is 0 Å². The molecule has 0 bridgehead atoms. The Labute approximate surface area is 129 Å². The normalized spacial score (nSPS) is 13.7. The van der Waals surface area contributed by atoms with Gasteiger partial charge in [0.15, 0.2) is 11.6 Å². The number of fused-ring (bicyclic) bond motifs is 2. The molecular weight excluding hydrogens is 332 g/mol. The molecule has 0 spiro atoms. The number of hydrogen-bond acceptors (Lipinski definition) is 3. The number of rotatable bonds is 2. The Kier molecular flexibility index (Phi) is 3.39. The Bertz CT molecular complexity index is 819. The number of carbonyl (C=O) groups is 3. The van der Waals surface area contributed by atoms with Crippen LogP contribution in [-0.2, 0) is 4.79 Å². The van der Waals surface area contributed by atoms with Crippen molar-refractivity contribution in [2.24, 2.45) is 0 Å². The van der Waals surface area contributed by atoms with E-state index in [2.05, 4.69) is 15.9 Å². The van der Waals surface area contributed by atoms with E-state index in [1.807, 2.05) is 0 Å². The fourth-order valence-corrected chi connectivity index (χ4v) is 2.93. The van der Waals surface area contributed by atoms with Crippen LogP contribution in [0.5, 0.6) is 0 Å². The standard InChI is InChI=1S/C17H9BrO3/c18-14(8-9-19)12-6-3-7-13-15(12)17(21)11-5-2-1-4-10(11)16(13)20/h1-9H. The number of allylic oxidation sites excluding steroid dienone is 1. The van der Waals surface area contributed by atoms with Gasteiger partial charge in [-0.05, 0) is 6.08 Å². The number of carbonyl (C=O) groups excluding carboxylic acids is 3. The van der Waals surface area contributed by atoms with Crippen molar-refractivity contribution in [2.45, 2.75) is 0 Å². The summed E-state index contributed by atoms with van der Waals surface area (Å²) in [6, 6.07) is 11.8. The minimum absolute atomic E-state index is 0.173. The van der Waals surface area contributed by atoms with Gasteiger partial charge >= 0.3 is 0 Å². The average Bonchev–Trinajstić information content (AvgIpc) is 2.52. The molecule has 1 aliphatic carbocycles. The summed E-state index contributed by atoms with van der Waals surface area (Å²) < 4.78 is 0.481. The summed E-state index contributed by atoms with van der Waals surface area (Å²) in [5.74, 6) is -0.375. The number of benzene rings is 2. The third kappa shape index (κ3) is 2.08. The summed E-state index contributed by atoms with van der Waals surface area (Å²) in [4.78, 5) is 35.9. The van der Waals surface area contributed by atoms with Crippen LogP contribution >= 0.6 is 15.9 Å². The quantitative estimate of drug-likeness (QED) is 0.530. The van der Waals surface area contributed by atoms with Gasteiger partial charge in [0.05, 0.1) is 0 Å². The van der Waals surface area contributed by atoms with Crippen molar-refractivity contribution < 1.29 is 14.4 Å². The Balaban J connectivity index is 2.31. The zero-order valence-corrected chi connectivity index (χ0v) is 12.4. The lowest BCUT2D eigenvalue weighted by atomic mass is 9.82. The van der Waals surface area contributed by atoms with E-state index in [0.29, 0.717) is 38.6 Å². The maximum Gasteiger partial charge on any atom is 0.195 e. The van der Waals surface area contributed by atoms with Crippen LogP contribution in [0.1, 0.15) is 37.4 Å². The number of ketones is 2. The summed E-state index contributed by atoms with van der Waals surface area (Å²) in [6.07, 6.45) is 1.94. The lowest BCUT2D eigenvalue weighted by Gasteiger charge is -2.19. The molecule has 0 aromatic heterocycles. The Morgan fingerprint density at radius 1 is 0.857 bits per heavy atom. The molecule has 102 valence electrons. The van der Waals surface area contributed by atoms with Crippen molar-refractivity contribution in [1.82, 2.24) is 0 Å². The lowest BCUT2D eigenvalue weighted by Crippen LogP contribution is -2.22. The van der Waals surface area contributed by atoms with Gasteiger partial charge in [-0.25, -0.2) is 0 Å². The molecule has 0 saturated heterocycles. The van der Waals surface area contributed by atoms with Crippen molar-refractivity contribution >= 4 is 38.3 Å². The van der Waals surface area contributed by atoms with E-state index in [1.165, 1.54) is 6.08 Å². The van der Waals surface area contributed by atoms with E-state index in [4.69, 9.17) is 0 Å². The zero-order valence-electron chi connectivity index (χ0n) is 10.8. The van der Waals surface area contributed by atoms with Gasteiger partial charge < -0.3 is 0 Å². The predicted molar refractivity (Wildman–Crippen MR) is 82.7 cm³/mol. The SMILES string of the molecule is O=CC=C(Br)c1cccc2c1C(=O)c1ccccc1C2=O. The van der Waals surface area contributed by atoms with Crippen molar-refractivity contribution in [3.63, 3.8) is 0 Å². The minimum atomic E-state index is -0.202. The fraction of sp³-hybridized carbons (Fsp3) is 0. The van der Waals surface area contributed by atoms with Crippen LogP contribution in [0.15, 0.2) is 48.5 Å². The van der Waals surface area contributed by atoms with Crippen LogP contribution in [0.3, 0.4) is 0 Å². The van der Waals surface area contributed by atoms with Gasteiger partial charge in [-0.15, -0.1) is 0 Å². The molecule has 21 heavy (non-hydrogen) atoms. The first kappa shape index (κ1) is 13.6. The average molecular weight is 341 g/mol. The maximum atomic E-state index is 12.7. The number of hydrogen-bond donors (Lipinski definition) is 0. The summed E-state index contributed by atoms with van der Waals surface area (Å²) in [5.41, 5.74) is 2.07. The van der Waals surface area contributed by atoms with Crippen LogP contribution in [0, 0.1) is 0 Å². The highest BCUT2D eigenvalue weighted by molar-refractivity contribution is 9.15. The van der Waals surface area contributed by atoms with E-state index in [0.717, 1.165) is 0 Å². The van der Waals surface area contributed by atoms with Crippen LogP contribution in [-0.4, -0.2) is 17.9 Å². The second-order valence-corrected chi connectivity index (χ2v) is 5.44. The molecule has 0 atom stereocenters. The second-order valence-electron chi connectivity index (χ2n) is 4.58. The van der Waals surface area contributed by atoms with Gasteiger partial charge in [0.1, 0.15) is 6.29 Å². The molecular formula is C17H9BrO3. The van der Waals surface area contributed by atoms with Crippen molar-refractivity contribution in [3.05, 3.63) is 76.4 Å². The molecule has 3 nitrogen and oxygen atoms in total. The zero-order chi connectivity index (χ0) is 15.0. The molecule has 3 rings (SSSR count). The van der Waals surface area contributed by atoms with Gasteiger partial charge in [0.2, 0.25) is 0 Å². The minimum Gasteiger partial charge on any atom is -0.299 e. The van der Waals surface area contributed by atoms with Crippen molar-refractivity contribution in [3.8, 4) is 0 Å². The summed E-state index contributed by atoms with van der Waals surface area (Å²) in [5, 5.41) is 0. The van der Waals surface area contributed by atoms with Gasteiger partial charge in [-0.3, -0.25) is 14.4 Å². The highest BCUT2D eigenvalue weighted by atomic mass is 79.9. The Morgan fingerprint density at radius 3 is 2.14 bits per heavy atom. The summed E-state index contributed by atoms with van der Waals surface area (Å²) >= 11 is 3.28. The summed E-state index contributed by atoms with van der Waals surface area (Å²) in [7, 11) is 0. The van der Waals surface area contributed by atoms with E-state index in [-0.39, 0.29) is 11.6 Å². The summed E-state index contributed by atoms with van der Waals surface area (Å²) in [6.45, 7) is 0. The highest BCUT2D eigenvalue weighted by Crippen LogP contribution is 2.34. The van der Waals surface area contributed by atoms with E-state index in [1.54, 1.807) is 42.5 Å². The van der Waals surface area contributed by atoms with Crippen LogP contribution in [0.4, 0.5) is 0 Å². The molecule has 2 aromatic rings. The third-order valence-electron chi connectivity index (χ3n) is 3.42. The van der Waals surface area contributed by atoms with E-state index in [9.17, 15) is 14.4 Å². The molecule has 1 aliphatic rings. The second kappa shape index (κ2) is 5.22. The first-order valence-corrected chi connectivity index (χ1v) is 7.07. The van der Waals surface area contributed by atoms with Crippen molar-refractivity contribution in [1.29, 1.82) is 0 Å². The van der Waals surface area contributed by atoms with Crippen molar-refractivity contribution in [2.75, 3.05) is 0 Å². The fourth-order valence-electron chi connectivity index (χ4n) is 2.49. The largest absolute Gasteiger partial charge is 0.299 e. The van der Waals surface area contributed by atoms with Crippen LogP contribution in [0.2, 0.25) is 0 Å². The van der Waals surface area contributed by atoms with Crippen LogP contribution in [0.25, 0.3) is 4.48 Å². The first-order chi connectivity index (χ1) is 10.1.